The minimum atomic E-state index is -1.20. The second-order valence-corrected chi connectivity index (χ2v) is 3.43. The highest BCUT2D eigenvalue weighted by molar-refractivity contribution is 5.75. The fourth-order valence-electron chi connectivity index (χ4n) is 0.993. The Kier molecular flexibility index (Phi) is 2.03. The van der Waals surface area contributed by atoms with E-state index >= 15 is 0 Å². The van der Waals surface area contributed by atoms with E-state index in [0.29, 0.717) is 0 Å². The Bertz CT molecular complexity index is 386. The molecule has 0 spiro atoms. The van der Waals surface area contributed by atoms with Gasteiger partial charge in [0.15, 0.2) is 0 Å². The van der Waals surface area contributed by atoms with Crippen molar-refractivity contribution in [3.8, 4) is 0 Å². The first-order valence-electron chi connectivity index (χ1n) is 3.85. The second-order valence-electron chi connectivity index (χ2n) is 3.43. The number of aromatic nitrogens is 2. The van der Waals surface area contributed by atoms with Gasteiger partial charge in [-0.2, -0.15) is 0 Å². The fourth-order valence-corrected chi connectivity index (χ4v) is 0.993. The molecule has 1 N–H and O–H groups in total. The van der Waals surface area contributed by atoms with Gasteiger partial charge in [0.2, 0.25) is 0 Å². The maximum absolute atomic E-state index is 11.4. The number of hydrogen-bond donors (Lipinski definition) is 1. The lowest BCUT2D eigenvalue weighted by atomic mass is 10.1. The fraction of sp³-hybridized carbons (Fsp3) is 0.500. The first-order chi connectivity index (χ1) is 5.87. The summed E-state index contributed by atoms with van der Waals surface area (Å²) in [6, 6.07) is 0. The summed E-state index contributed by atoms with van der Waals surface area (Å²) in [6.45, 7) is 2.97. The van der Waals surface area contributed by atoms with E-state index < -0.39 is 11.5 Å². The van der Waals surface area contributed by atoms with Crippen LogP contribution in [0.5, 0.6) is 0 Å². The summed E-state index contributed by atoms with van der Waals surface area (Å²) < 4.78 is 2.53. The Morgan fingerprint density at radius 3 is 2.31 bits per heavy atom. The molecule has 0 fully saturated rings. The zero-order valence-electron chi connectivity index (χ0n) is 7.81. The number of nitrogens with zero attached hydrogens (tertiary/aromatic N) is 2. The van der Waals surface area contributed by atoms with Gasteiger partial charge in [0, 0.05) is 19.4 Å². The van der Waals surface area contributed by atoms with Crippen molar-refractivity contribution in [1.29, 1.82) is 0 Å². The Labute approximate surface area is 75.2 Å². The Morgan fingerprint density at radius 1 is 1.46 bits per heavy atom. The molecule has 5 heteroatoms. The largest absolute Gasteiger partial charge is 0.480 e. The molecule has 0 atom stereocenters. The molecule has 0 aromatic carbocycles. The van der Waals surface area contributed by atoms with Gasteiger partial charge < -0.3 is 9.67 Å². The van der Waals surface area contributed by atoms with Crippen molar-refractivity contribution in [2.24, 2.45) is 7.05 Å². The number of hydrogen-bond acceptors (Lipinski definition) is 2. The third kappa shape index (κ3) is 1.37. The van der Waals surface area contributed by atoms with Crippen molar-refractivity contribution >= 4 is 5.97 Å². The molecule has 0 aliphatic carbocycles. The third-order valence-corrected chi connectivity index (χ3v) is 2.07. The van der Waals surface area contributed by atoms with Crippen molar-refractivity contribution in [1.82, 2.24) is 9.13 Å². The van der Waals surface area contributed by atoms with Gasteiger partial charge >= 0.3 is 11.7 Å². The van der Waals surface area contributed by atoms with Gasteiger partial charge in [-0.3, -0.25) is 4.57 Å². The monoisotopic (exact) mass is 184 g/mol. The number of carbonyl (C=O) groups is 1. The maximum Gasteiger partial charge on any atom is 0.329 e. The molecular weight excluding hydrogens is 172 g/mol. The third-order valence-electron chi connectivity index (χ3n) is 2.07. The average molecular weight is 184 g/mol. The van der Waals surface area contributed by atoms with Crippen LogP contribution in [-0.4, -0.2) is 20.2 Å². The van der Waals surface area contributed by atoms with E-state index in [4.69, 9.17) is 5.11 Å². The topological polar surface area (TPSA) is 64.2 Å². The summed E-state index contributed by atoms with van der Waals surface area (Å²) in [6.07, 6.45) is 3.00. The number of aliphatic carboxylic acids is 1. The number of imidazole rings is 1. The van der Waals surface area contributed by atoms with E-state index in [-0.39, 0.29) is 5.69 Å². The lowest BCUT2D eigenvalue weighted by molar-refractivity contribution is -0.145. The number of rotatable bonds is 2. The van der Waals surface area contributed by atoms with Gasteiger partial charge in [0.05, 0.1) is 0 Å². The SMILES string of the molecule is Cn1ccn(C(C)(C)C(=O)O)c1=O. The van der Waals surface area contributed by atoms with Gasteiger partial charge in [-0.25, -0.2) is 9.59 Å². The van der Waals surface area contributed by atoms with Crippen LogP contribution in [0.15, 0.2) is 17.2 Å². The molecule has 13 heavy (non-hydrogen) atoms. The number of aryl methyl sites for hydroxylation is 1. The van der Waals surface area contributed by atoms with Crippen LogP contribution in [0.2, 0.25) is 0 Å². The van der Waals surface area contributed by atoms with Crippen LogP contribution < -0.4 is 5.69 Å². The van der Waals surface area contributed by atoms with Crippen LogP contribution >= 0.6 is 0 Å². The van der Waals surface area contributed by atoms with E-state index in [0.717, 1.165) is 0 Å². The predicted octanol–water partition coefficient (Wildman–Crippen LogP) is 0.00650. The second kappa shape index (κ2) is 2.76. The lowest BCUT2D eigenvalue weighted by Gasteiger charge is -2.19. The molecule has 0 amide bonds. The molecule has 5 nitrogen and oxygen atoms in total. The zero-order valence-corrected chi connectivity index (χ0v) is 7.81. The van der Waals surface area contributed by atoms with Crippen LogP contribution in [0.25, 0.3) is 0 Å². The molecule has 0 aliphatic heterocycles. The molecule has 0 saturated carbocycles. The van der Waals surface area contributed by atoms with Crippen LogP contribution in [0.4, 0.5) is 0 Å². The highest BCUT2D eigenvalue weighted by atomic mass is 16.4. The van der Waals surface area contributed by atoms with Crippen molar-refractivity contribution in [2.75, 3.05) is 0 Å². The van der Waals surface area contributed by atoms with Crippen LogP contribution in [-0.2, 0) is 17.4 Å². The quantitative estimate of drug-likeness (QED) is 0.704. The summed E-state index contributed by atoms with van der Waals surface area (Å²) in [7, 11) is 1.58. The summed E-state index contributed by atoms with van der Waals surface area (Å²) >= 11 is 0. The van der Waals surface area contributed by atoms with Gasteiger partial charge in [-0.05, 0) is 13.8 Å². The molecule has 1 heterocycles. The smallest absolute Gasteiger partial charge is 0.329 e. The normalized spacial score (nSPS) is 11.6. The maximum atomic E-state index is 11.4. The molecule has 0 radical (unpaired) electrons. The van der Waals surface area contributed by atoms with Gasteiger partial charge in [-0.1, -0.05) is 0 Å². The van der Waals surface area contributed by atoms with Gasteiger partial charge in [0.1, 0.15) is 5.54 Å². The number of carboxylic acids is 1. The standard InChI is InChI=1S/C8H12N2O3/c1-8(2,6(11)12)10-5-4-9(3)7(10)13/h4-5H,1-3H3,(H,11,12). The molecule has 0 saturated heterocycles. The van der Waals surface area contributed by atoms with Crippen LogP contribution in [0, 0.1) is 0 Å². The zero-order chi connectivity index (χ0) is 10.2. The van der Waals surface area contributed by atoms with E-state index in [1.54, 1.807) is 7.05 Å². The lowest BCUT2D eigenvalue weighted by Crippen LogP contribution is -2.42. The molecule has 1 aromatic heterocycles. The van der Waals surface area contributed by atoms with Crippen molar-refractivity contribution in [3.63, 3.8) is 0 Å². The van der Waals surface area contributed by atoms with Gasteiger partial charge in [0.25, 0.3) is 0 Å². The molecule has 72 valence electrons. The molecule has 1 rings (SSSR count). The Morgan fingerprint density at radius 2 is 2.00 bits per heavy atom. The molecule has 0 unspecified atom stereocenters. The van der Waals surface area contributed by atoms with E-state index in [9.17, 15) is 9.59 Å². The summed E-state index contributed by atoms with van der Waals surface area (Å²) in [5.74, 6) is -1.03. The van der Waals surface area contributed by atoms with E-state index in [2.05, 4.69) is 0 Å². The highest BCUT2D eigenvalue weighted by Crippen LogP contribution is 2.11. The van der Waals surface area contributed by atoms with Crippen LogP contribution in [0.3, 0.4) is 0 Å². The first kappa shape index (κ1) is 9.57. The van der Waals surface area contributed by atoms with E-state index in [1.165, 1.54) is 35.4 Å². The minimum Gasteiger partial charge on any atom is -0.480 e. The molecule has 1 aromatic rings. The Hall–Kier alpha value is -1.52. The van der Waals surface area contributed by atoms with Crippen molar-refractivity contribution in [2.45, 2.75) is 19.4 Å². The predicted molar refractivity (Wildman–Crippen MR) is 46.6 cm³/mol. The van der Waals surface area contributed by atoms with Gasteiger partial charge in [-0.15, -0.1) is 0 Å². The highest BCUT2D eigenvalue weighted by Gasteiger charge is 2.30. The molecular formula is C8H12N2O3. The first-order valence-corrected chi connectivity index (χ1v) is 3.85. The summed E-state index contributed by atoms with van der Waals surface area (Å²) in [5.41, 5.74) is -1.52. The van der Waals surface area contributed by atoms with Crippen molar-refractivity contribution < 1.29 is 9.90 Å². The average Bonchev–Trinajstić information content (AvgIpc) is 2.33. The van der Waals surface area contributed by atoms with Crippen molar-refractivity contribution in [3.05, 3.63) is 22.9 Å². The Balaban J connectivity index is 3.31. The number of carboxylic acid groups (broad SMARTS) is 1. The summed E-state index contributed by atoms with van der Waals surface area (Å²) in [4.78, 5) is 22.2. The molecule has 0 aliphatic rings. The summed E-state index contributed by atoms with van der Waals surface area (Å²) in [5, 5.41) is 8.86. The van der Waals surface area contributed by atoms with Crippen LogP contribution in [0.1, 0.15) is 13.8 Å². The minimum absolute atomic E-state index is 0.326. The molecule has 0 bridgehead atoms. The van der Waals surface area contributed by atoms with E-state index in [1.807, 2.05) is 0 Å².